The van der Waals surface area contributed by atoms with Crippen molar-refractivity contribution in [1.82, 2.24) is 4.98 Å². The molecule has 2 aromatic rings. The Morgan fingerprint density at radius 1 is 1.27 bits per heavy atom. The fourth-order valence-electron chi connectivity index (χ4n) is 1.80. The number of anilines is 2. The Balaban J connectivity index is 2.22. The minimum absolute atomic E-state index is 0.175. The zero-order valence-corrected chi connectivity index (χ0v) is 12.5. The third kappa shape index (κ3) is 4.01. The number of para-hydroxylation sites is 1. The largest absolute Gasteiger partial charge is 0.323 e. The van der Waals surface area contributed by atoms with Crippen LogP contribution in [0.2, 0.25) is 0 Å². The Kier molecular flexibility index (Phi) is 4.71. The Morgan fingerprint density at radius 3 is 2.59 bits per heavy atom. The molecule has 0 aliphatic carbocycles. The molecular weight excluding hydrogens is 309 g/mol. The van der Waals surface area contributed by atoms with Crippen LogP contribution in [0.15, 0.2) is 48.8 Å². The molecule has 2 rings (SSSR count). The highest BCUT2D eigenvalue weighted by Gasteiger charge is 2.23. The number of carbonyl (C=O) groups is 1. The standard InChI is InChI=1S/C14H14FN3O3S/c1-22(20,21)18(13-7-3-2-6-12(13)15)10-14(19)17-11-5-4-8-16-9-11/h2-9H,10H2,1H3,(H,17,19). The zero-order valence-electron chi connectivity index (χ0n) is 11.7. The van der Waals surface area contributed by atoms with Crippen molar-refractivity contribution in [3.63, 3.8) is 0 Å². The average Bonchev–Trinajstić information content (AvgIpc) is 2.46. The number of amides is 1. The molecule has 0 aliphatic heterocycles. The molecule has 6 nitrogen and oxygen atoms in total. The first-order valence-corrected chi connectivity index (χ1v) is 8.15. The number of benzene rings is 1. The van der Waals surface area contributed by atoms with Crippen molar-refractivity contribution in [3.05, 3.63) is 54.6 Å². The Hall–Kier alpha value is -2.48. The van der Waals surface area contributed by atoms with Crippen molar-refractivity contribution < 1.29 is 17.6 Å². The topological polar surface area (TPSA) is 79.4 Å². The molecule has 0 fully saturated rings. The molecule has 1 aromatic carbocycles. The Labute approximate surface area is 127 Å². The maximum absolute atomic E-state index is 13.8. The third-order valence-electron chi connectivity index (χ3n) is 2.75. The summed E-state index contributed by atoms with van der Waals surface area (Å²) >= 11 is 0. The molecular formula is C14H14FN3O3S. The van der Waals surface area contributed by atoms with E-state index in [1.807, 2.05) is 0 Å². The number of nitrogens with zero attached hydrogens (tertiary/aromatic N) is 2. The molecule has 1 aromatic heterocycles. The normalized spacial score (nSPS) is 11.0. The smallest absolute Gasteiger partial charge is 0.245 e. The van der Waals surface area contributed by atoms with Gasteiger partial charge in [-0.15, -0.1) is 0 Å². The number of sulfonamides is 1. The van der Waals surface area contributed by atoms with E-state index in [1.54, 1.807) is 12.1 Å². The molecule has 1 amide bonds. The van der Waals surface area contributed by atoms with Crippen molar-refractivity contribution >= 4 is 27.3 Å². The summed E-state index contributed by atoms with van der Waals surface area (Å²) < 4.78 is 38.2. The van der Waals surface area contributed by atoms with E-state index in [4.69, 9.17) is 0 Å². The lowest BCUT2D eigenvalue weighted by molar-refractivity contribution is -0.114. The van der Waals surface area contributed by atoms with Crippen LogP contribution in [-0.4, -0.2) is 32.1 Å². The van der Waals surface area contributed by atoms with Crippen LogP contribution in [0.1, 0.15) is 0 Å². The summed E-state index contributed by atoms with van der Waals surface area (Å²) in [6.07, 6.45) is 3.88. The van der Waals surface area contributed by atoms with Crippen LogP contribution in [0.3, 0.4) is 0 Å². The molecule has 116 valence electrons. The number of nitrogens with one attached hydrogen (secondary N) is 1. The van der Waals surface area contributed by atoms with Gasteiger partial charge in [0.1, 0.15) is 12.4 Å². The van der Waals surface area contributed by atoms with E-state index >= 15 is 0 Å². The number of aromatic nitrogens is 1. The van der Waals surface area contributed by atoms with Gasteiger partial charge in [0.05, 0.1) is 23.8 Å². The molecule has 0 saturated carbocycles. The zero-order chi connectivity index (χ0) is 16.2. The fourth-order valence-corrected chi connectivity index (χ4v) is 2.66. The second-order valence-electron chi connectivity index (χ2n) is 4.51. The van der Waals surface area contributed by atoms with Gasteiger partial charge in [0.25, 0.3) is 0 Å². The molecule has 8 heteroatoms. The van der Waals surface area contributed by atoms with Crippen molar-refractivity contribution in [3.8, 4) is 0 Å². The summed E-state index contributed by atoms with van der Waals surface area (Å²) in [5.41, 5.74) is 0.251. The quantitative estimate of drug-likeness (QED) is 0.907. The van der Waals surface area contributed by atoms with Crippen LogP contribution in [0.25, 0.3) is 0 Å². The molecule has 0 saturated heterocycles. The summed E-state index contributed by atoms with van der Waals surface area (Å²) in [6, 6.07) is 8.60. The molecule has 1 N–H and O–H groups in total. The Morgan fingerprint density at radius 2 is 2.00 bits per heavy atom. The van der Waals surface area contributed by atoms with Gasteiger partial charge in [-0.05, 0) is 24.3 Å². The van der Waals surface area contributed by atoms with Gasteiger partial charge >= 0.3 is 0 Å². The van der Waals surface area contributed by atoms with Crippen molar-refractivity contribution in [1.29, 1.82) is 0 Å². The van der Waals surface area contributed by atoms with E-state index in [1.165, 1.54) is 30.6 Å². The van der Waals surface area contributed by atoms with Crippen LogP contribution in [0, 0.1) is 5.82 Å². The molecule has 0 aliphatic rings. The monoisotopic (exact) mass is 323 g/mol. The van der Waals surface area contributed by atoms with E-state index in [0.717, 1.165) is 12.3 Å². The third-order valence-corrected chi connectivity index (χ3v) is 3.88. The molecule has 1 heterocycles. The highest BCUT2D eigenvalue weighted by molar-refractivity contribution is 7.92. The van der Waals surface area contributed by atoms with Gasteiger partial charge in [0, 0.05) is 6.20 Å². The highest BCUT2D eigenvalue weighted by atomic mass is 32.2. The molecule has 22 heavy (non-hydrogen) atoms. The fraction of sp³-hybridized carbons (Fsp3) is 0.143. The van der Waals surface area contributed by atoms with Crippen LogP contribution >= 0.6 is 0 Å². The van der Waals surface area contributed by atoms with Crippen LogP contribution in [0.4, 0.5) is 15.8 Å². The molecule has 0 bridgehead atoms. The lowest BCUT2D eigenvalue weighted by Crippen LogP contribution is -2.38. The van der Waals surface area contributed by atoms with Crippen LogP contribution in [0.5, 0.6) is 0 Å². The van der Waals surface area contributed by atoms with Gasteiger partial charge in [0.15, 0.2) is 0 Å². The van der Waals surface area contributed by atoms with E-state index in [0.29, 0.717) is 9.99 Å². The molecule has 0 radical (unpaired) electrons. The molecule has 0 unspecified atom stereocenters. The predicted molar refractivity (Wildman–Crippen MR) is 81.5 cm³/mol. The summed E-state index contributed by atoms with van der Waals surface area (Å²) in [6.45, 7) is -0.533. The van der Waals surface area contributed by atoms with Gasteiger partial charge < -0.3 is 5.32 Å². The van der Waals surface area contributed by atoms with Crippen LogP contribution in [-0.2, 0) is 14.8 Å². The van der Waals surface area contributed by atoms with Crippen molar-refractivity contribution in [2.75, 3.05) is 22.4 Å². The summed E-state index contributed by atoms with van der Waals surface area (Å²) in [5, 5.41) is 2.50. The number of carbonyl (C=O) groups excluding carboxylic acids is 1. The molecule has 0 spiro atoms. The second-order valence-corrected chi connectivity index (χ2v) is 6.42. The minimum Gasteiger partial charge on any atom is -0.323 e. The van der Waals surface area contributed by atoms with E-state index < -0.39 is 28.3 Å². The summed E-state index contributed by atoms with van der Waals surface area (Å²) in [4.78, 5) is 15.8. The maximum Gasteiger partial charge on any atom is 0.245 e. The van der Waals surface area contributed by atoms with E-state index in [2.05, 4.69) is 10.3 Å². The summed E-state index contributed by atoms with van der Waals surface area (Å²) in [5.74, 6) is -1.32. The molecule has 0 atom stereocenters. The van der Waals surface area contributed by atoms with Crippen LogP contribution < -0.4 is 9.62 Å². The minimum atomic E-state index is -3.81. The first-order chi connectivity index (χ1) is 10.4. The Bertz CT molecular complexity index is 766. The maximum atomic E-state index is 13.8. The average molecular weight is 323 g/mol. The number of pyridine rings is 1. The van der Waals surface area contributed by atoms with Gasteiger partial charge in [-0.2, -0.15) is 0 Å². The van der Waals surface area contributed by atoms with Crippen molar-refractivity contribution in [2.24, 2.45) is 0 Å². The van der Waals surface area contributed by atoms with E-state index in [-0.39, 0.29) is 5.69 Å². The first-order valence-electron chi connectivity index (χ1n) is 6.30. The lowest BCUT2D eigenvalue weighted by atomic mass is 10.3. The van der Waals surface area contributed by atoms with Gasteiger partial charge in [0.2, 0.25) is 15.9 Å². The van der Waals surface area contributed by atoms with Gasteiger partial charge in [-0.3, -0.25) is 14.1 Å². The second kappa shape index (κ2) is 6.52. The van der Waals surface area contributed by atoms with E-state index in [9.17, 15) is 17.6 Å². The summed E-state index contributed by atoms with van der Waals surface area (Å²) in [7, 11) is -3.81. The predicted octanol–water partition coefficient (Wildman–Crippen LogP) is 1.63. The number of rotatable bonds is 5. The van der Waals surface area contributed by atoms with Gasteiger partial charge in [-0.25, -0.2) is 12.8 Å². The number of hydrogen-bond donors (Lipinski definition) is 1. The van der Waals surface area contributed by atoms with Crippen molar-refractivity contribution in [2.45, 2.75) is 0 Å². The van der Waals surface area contributed by atoms with Gasteiger partial charge in [-0.1, -0.05) is 12.1 Å². The highest BCUT2D eigenvalue weighted by Crippen LogP contribution is 2.21. The number of hydrogen-bond acceptors (Lipinski definition) is 4. The lowest BCUT2D eigenvalue weighted by Gasteiger charge is -2.22. The number of halogens is 1. The SMILES string of the molecule is CS(=O)(=O)N(CC(=O)Nc1cccnc1)c1ccccc1F. The first kappa shape index (κ1) is 15.9.